The number of ether oxygens (including phenoxy) is 2. The summed E-state index contributed by atoms with van der Waals surface area (Å²) in [5.41, 5.74) is 2.31. The molecule has 0 aliphatic heterocycles. The third-order valence-electron chi connectivity index (χ3n) is 2.74. The van der Waals surface area contributed by atoms with Crippen LogP contribution in [0.5, 0.6) is 5.75 Å². The van der Waals surface area contributed by atoms with Crippen molar-refractivity contribution in [2.24, 2.45) is 0 Å². The predicted molar refractivity (Wildman–Crippen MR) is 79.7 cm³/mol. The van der Waals surface area contributed by atoms with Gasteiger partial charge >= 0.3 is 0 Å². The molecule has 0 spiro atoms. The number of hydrogen-bond acceptors (Lipinski definition) is 3. The van der Waals surface area contributed by atoms with Gasteiger partial charge in [-0.25, -0.2) is 0 Å². The molecule has 1 unspecified atom stereocenters. The molecular formula is C16H25NO2. The average molecular weight is 263 g/mol. The second-order valence-electron chi connectivity index (χ2n) is 4.69. The van der Waals surface area contributed by atoms with E-state index in [2.05, 4.69) is 31.0 Å². The van der Waals surface area contributed by atoms with Crippen LogP contribution in [0.3, 0.4) is 0 Å². The summed E-state index contributed by atoms with van der Waals surface area (Å²) in [4.78, 5) is 0. The average Bonchev–Trinajstić information content (AvgIpc) is 2.39. The molecule has 1 aromatic rings. The maximum atomic E-state index is 5.45. The van der Waals surface area contributed by atoms with E-state index in [1.807, 2.05) is 26.0 Å². The molecular weight excluding hydrogens is 238 g/mol. The molecule has 1 atom stereocenters. The van der Waals surface area contributed by atoms with Crippen molar-refractivity contribution < 1.29 is 9.47 Å². The molecule has 19 heavy (non-hydrogen) atoms. The van der Waals surface area contributed by atoms with Gasteiger partial charge < -0.3 is 14.8 Å². The third-order valence-corrected chi connectivity index (χ3v) is 2.74. The van der Waals surface area contributed by atoms with Crippen LogP contribution in [0.15, 0.2) is 36.4 Å². The summed E-state index contributed by atoms with van der Waals surface area (Å²) >= 11 is 0. The molecule has 1 rings (SSSR count). The number of hydrogen-bond donors (Lipinski definition) is 1. The Morgan fingerprint density at radius 1 is 1.32 bits per heavy atom. The van der Waals surface area contributed by atoms with E-state index in [4.69, 9.17) is 9.47 Å². The molecule has 0 heterocycles. The molecule has 0 aliphatic carbocycles. The van der Waals surface area contributed by atoms with E-state index >= 15 is 0 Å². The van der Waals surface area contributed by atoms with E-state index in [0.717, 1.165) is 17.9 Å². The molecule has 3 nitrogen and oxygen atoms in total. The summed E-state index contributed by atoms with van der Waals surface area (Å²) in [6, 6.07) is 8.52. The van der Waals surface area contributed by atoms with Crippen LogP contribution in [0, 0.1) is 0 Å². The molecule has 0 bridgehead atoms. The molecule has 0 amide bonds. The Balaban J connectivity index is 2.28. The van der Waals surface area contributed by atoms with Crippen LogP contribution >= 0.6 is 0 Å². The summed E-state index contributed by atoms with van der Waals surface area (Å²) < 4.78 is 10.9. The van der Waals surface area contributed by atoms with Gasteiger partial charge in [-0.15, -0.1) is 0 Å². The zero-order valence-electron chi connectivity index (χ0n) is 12.2. The van der Waals surface area contributed by atoms with Crippen LogP contribution in [0.4, 0.5) is 0 Å². The lowest BCUT2D eigenvalue weighted by Gasteiger charge is -2.15. The summed E-state index contributed by atoms with van der Waals surface area (Å²) in [7, 11) is 0. The van der Waals surface area contributed by atoms with E-state index in [-0.39, 0.29) is 0 Å². The summed E-state index contributed by atoms with van der Waals surface area (Å²) in [6.07, 6.45) is 0. The van der Waals surface area contributed by atoms with Gasteiger partial charge in [0.2, 0.25) is 0 Å². The maximum absolute atomic E-state index is 5.45. The summed E-state index contributed by atoms with van der Waals surface area (Å²) in [5, 5.41) is 3.43. The van der Waals surface area contributed by atoms with E-state index in [1.54, 1.807) is 0 Å². The van der Waals surface area contributed by atoms with Crippen LogP contribution in [0.1, 0.15) is 32.4 Å². The van der Waals surface area contributed by atoms with Crippen molar-refractivity contribution in [2.75, 3.05) is 26.4 Å². The van der Waals surface area contributed by atoms with Gasteiger partial charge in [0.15, 0.2) is 0 Å². The van der Waals surface area contributed by atoms with Gasteiger partial charge in [0.05, 0.1) is 19.8 Å². The van der Waals surface area contributed by atoms with Gasteiger partial charge in [-0.3, -0.25) is 0 Å². The predicted octanol–water partition coefficient (Wildman–Crippen LogP) is 3.33. The third kappa shape index (κ3) is 6.41. The fraction of sp³-hybridized carbons (Fsp3) is 0.500. The van der Waals surface area contributed by atoms with E-state index in [0.29, 0.717) is 25.9 Å². The first-order chi connectivity index (χ1) is 9.13. The lowest BCUT2D eigenvalue weighted by Crippen LogP contribution is -2.23. The highest BCUT2D eigenvalue weighted by Crippen LogP contribution is 2.17. The minimum absolute atomic E-state index is 0.309. The van der Waals surface area contributed by atoms with E-state index in [1.165, 1.54) is 5.56 Å². The molecule has 0 radical (unpaired) electrons. The zero-order chi connectivity index (χ0) is 14.1. The molecule has 0 fully saturated rings. The molecule has 1 aromatic carbocycles. The molecule has 3 heteroatoms. The van der Waals surface area contributed by atoms with Crippen molar-refractivity contribution in [1.82, 2.24) is 5.32 Å². The van der Waals surface area contributed by atoms with Gasteiger partial charge in [0.1, 0.15) is 5.75 Å². The summed E-state index contributed by atoms with van der Waals surface area (Å²) in [6.45, 7) is 12.8. The van der Waals surface area contributed by atoms with Crippen LogP contribution in [0.25, 0.3) is 0 Å². The Bertz CT molecular complexity index is 373. The Morgan fingerprint density at radius 3 is 2.58 bits per heavy atom. The largest absolute Gasteiger partial charge is 0.494 e. The quantitative estimate of drug-likeness (QED) is 0.547. The van der Waals surface area contributed by atoms with Crippen LogP contribution in [-0.2, 0) is 4.74 Å². The first kappa shape index (κ1) is 15.7. The van der Waals surface area contributed by atoms with Crippen molar-refractivity contribution in [2.45, 2.75) is 26.8 Å². The van der Waals surface area contributed by atoms with Crippen LogP contribution in [-0.4, -0.2) is 26.4 Å². The Kier molecular flexibility index (Phi) is 7.23. The second-order valence-corrected chi connectivity index (χ2v) is 4.69. The first-order valence-electron chi connectivity index (χ1n) is 6.81. The minimum atomic E-state index is 0.309. The number of nitrogens with one attached hydrogen (secondary N) is 1. The molecule has 1 N–H and O–H groups in total. The zero-order valence-corrected chi connectivity index (χ0v) is 12.2. The highest BCUT2D eigenvalue weighted by Gasteiger charge is 2.04. The highest BCUT2D eigenvalue weighted by atomic mass is 16.5. The van der Waals surface area contributed by atoms with Crippen molar-refractivity contribution in [3.63, 3.8) is 0 Å². The molecule has 0 saturated heterocycles. The molecule has 0 aromatic heterocycles. The van der Waals surface area contributed by atoms with Crippen molar-refractivity contribution >= 4 is 0 Å². The van der Waals surface area contributed by atoms with Gasteiger partial charge in [-0.1, -0.05) is 24.3 Å². The molecule has 0 saturated carbocycles. The van der Waals surface area contributed by atoms with Gasteiger partial charge in [-0.2, -0.15) is 0 Å². The smallest absolute Gasteiger partial charge is 0.119 e. The van der Waals surface area contributed by atoms with Gasteiger partial charge in [0, 0.05) is 12.6 Å². The monoisotopic (exact) mass is 263 g/mol. The second kappa shape index (κ2) is 8.73. The van der Waals surface area contributed by atoms with E-state index < -0.39 is 0 Å². The van der Waals surface area contributed by atoms with Gasteiger partial charge in [0.25, 0.3) is 0 Å². The normalized spacial score (nSPS) is 12.2. The maximum Gasteiger partial charge on any atom is 0.119 e. The number of benzene rings is 1. The van der Waals surface area contributed by atoms with Crippen LogP contribution < -0.4 is 10.1 Å². The molecule has 106 valence electrons. The topological polar surface area (TPSA) is 30.5 Å². The standard InChI is InChI=1S/C16H25NO2/c1-5-19-16-8-6-15(7-9-16)14(4)17-10-11-18-12-13(2)3/h6-9,14,17H,2,5,10-12H2,1,3-4H3. The highest BCUT2D eigenvalue weighted by molar-refractivity contribution is 5.28. The van der Waals surface area contributed by atoms with E-state index in [9.17, 15) is 0 Å². The molecule has 0 aliphatic rings. The van der Waals surface area contributed by atoms with Crippen LogP contribution in [0.2, 0.25) is 0 Å². The minimum Gasteiger partial charge on any atom is -0.494 e. The van der Waals surface area contributed by atoms with Crippen molar-refractivity contribution in [3.05, 3.63) is 42.0 Å². The Labute approximate surface area is 116 Å². The SMILES string of the molecule is C=C(C)COCCNC(C)c1ccc(OCC)cc1. The lowest BCUT2D eigenvalue weighted by atomic mass is 10.1. The summed E-state index contributed by atoms with van der Waals surface area (Å²) in [5.74, 6) is 0.920. The van der Waals surface area contributed by atoms with Crippen molar-refractivity contribution in [3.8, 4) is 5.75 Å². The Morgan fingerprint density at radius 2 is 2.00 bits per heavy atom. The fourth-order valence-electron chi connectivity index (χ4n) is 1.73. The first-order valence-corrected chi connectivity index (χ1v) is 6.81. The fourth-order valence-corrected chi connectivity index (χ4v) is 1.73. The lowest BCUT2D eigenvalue weighted by molar-refractivity contribution is 0.156. The van der Waals surface area contributed by atoms with Crippen molar-refractivity contribution in [1.29, 1.82) is 0 Å². The number of rotatable bonds is 9. The Hall–Kier alpha value is -1.32. The van der Waals surface area contributed by atoms with Gasteiger partial charge in [-0.05, 0) is 38.5 Å².